The normalized spacial score (nSPS) is 13.7. The van der Waals surface area contributed by atoms with Gasteiger partial charge in [-0.05, 0) is 91.6 Å². The highest BCUT2D eigenvalue weighted by atomic mass is 35.5. The quantitative estimate of drug-likeness (QED) is 0.0251. The summed E-state index contributed by atoms with van der Waals surface area (Å²) in [5.74, 6) is -6.68. The predicted octanol–water partition coefficient (Wildman–Crippen LogP) is 9.96. The number of carbonyl (C=O) groups excluding carboxylic acids is 7. The Morgan fingerprint density at radius 1 is 0.585 bits per heavy atom. The molecule has 1 aliphatic rings. The summed E-state index contributed by atoms with van der Waals surface area (Å²) in [6.07, 6.45) is -0.817. The number of Topliss-reactive ketones (excluding diaryl/α,β-unsaturated/α-hetero) is 3. The number of aliphatic carboxylic acids is 2. The van der Waals surface area contributed by atoms with Gasteiger partial charge in [-0.15, -0.1) is 0 Å². The van der Waals surface area contributed by atoms with E-state index in [1.807, 2.05) is 34.5 Å². The maximum absolute atomic E-state index is 12.7. The minimum atomic E-state index is -1.82. The van der Waals surface area contributed by atoms with Crippen LogP contribution in [0.1, 0.15) is 150 Å². The van der Waals surface area contributed by atoms with Crippen molar-refractivity contribution in [1.82, 2.24) is 16.0 Å². The second kappa shape index (κ2) is 36.2. The first-order valence-electron chi connectivity index (χ1n) is 26.3. The van der Waals surface area contributed by atoms with E-state index in [0.717, 1.165) is 6.42 Å². The SMILES string of the molecule is CC(C)C[C@H](NC(=O)CCC(=O)c1cc(Cl)ccc1Cl)B(O)O.CC(C)C[C@H](NC(=O)CCC(=O)c1cc(Cl)ccc1Cl)B1OC(=O)CC(CC(=O)O)(CC(=O)O)O1.COB(C)[C@H](CC(C)C)NC(=O)CCC(=O)c1cc(Cl)ccc1Cl. The van der Waals surface area contributed by atoms with Crippen LogP contribution in [0.5, 0.6) is 0 Å². The van der Waals surface area contributed by atoms with Crippen LogP contribution in [0, 0.1) is 17.8 Å². The maximum atomic E-state index is 12.7. The number of nitrogens with one attached hydrogen (secondary N) is 3. The summed E-state index contributed by atoms with van der Waals surface area (Å²) in [6, 6.07) is 13.7. The molecular weight excluding hydrogens is 1190 g/mol. The van der Waals surface area contributed by atoms with Gasteiger partial charge in [-0.1, -0.05) is 118 Å². The van der Waals surface area contributed by atoms with Crippen molar-refractivity contribution in [2.75, 3.05) is 7.11 Å². The van der Waals surface area contributed by atoms with Crippen molar-refractivity contribution in [2.24, 2.45) is 17.8 Å². The van der Waals surface area contributed by atoms with Gasteiger partial charge in [0.1, 0.15) is 0 Å². The molecule has 82 heavy (non-hydrogen) atoms. The van der Waals surface area contributed by atoms with Crippen LogP contribution in [0.25, 0.3) is 0 Å². The van der Waals surface area contributed by atoms with Crippen LogP contribution < -0.4 is 16.0 Å². The minimum absolute atomic E-state index is 0.00947. The number of carbonyl (C=O) groups is 9. The lowest BCUT2D eigenvalue weighted by molar-refractivity contribution is -0.160. The number of halogens is 6. The number of rotatable bonds is 29. The van der Waals surface area contributed by atoms with E-state index >= 15 is 0 Å². The van der Waals surface area contributed by atoms with E-state index in [2.05, 4.69) is 29.8 Å². The average molecular weight is 1260 g/mol. The number of ketones is 3. The molecule has 3 amide bonds. The molecule has 19 nitrogen and oxygen atoms in total. The third kappa shape index (κ3) is 27.3. The van der Waals surface area contributed by atoms with E-state index in [1.54, 1.807) is 25.3 Å². The van der Waals surface area contributed by atoms with E-state index in [9.17, 15) is 63.4 Å². The highest BCUT2D eigenvalue weighted by Crippen LogP contribution is 2.33. The van der Waals surface area contributed by atoms with Crippen molar-refractivity contribution in [1.29, 1.82) is 0 Å². The number of benzene rings is 3. The van der Waals surface area contributed by atoms with Crippen LogP contribution in [0.2, 0.25) is 37.0 Å². The van der Waals surface area contributed by atoms with Crippen molar-refractivity contribution in [3.63, 3.8) is 0 Å². The lowest BCUT2D eigenvalue weighted by atomic mass is 9.60. The molecule has 1 aliphatic heterocycles. The summed E-state index contributed by atoms with van der Waals surface area (Å²) >= 11 is 35.6. The third-order valence-electron chi connectivity index (χ3n) is 12.3. The molecule has 0 bridgehead atoms. The van der Waals surface area contributed by atoms with Crippen LogP contribution in [-0.2, 0) is 42.7 Å². The number of hydrogen-bond acceptors (Lipinski definition) is 14. The van der Waals surface area contributed by atoms with Crippen LogP contribution in [0.15, 0.2) is 54.6 Å². The zero-order chi connectivity index (χ0) is 62.2. The van der Waals surface area contributed by atoms with Gasteiger partial charge in [0.2, 0.25) is 17.7 Å². The Hall–Kier alpha value is -4.74. The van der Waals surface area contributed by atoms with E-state index in [4.69, 9.17) is 83.6 Å². The molecule has 0 aromatic heterocycles. The van der Waals surface area contributed by atoms with Gasteiger partial charge < -0.3 is 50.2 Å². The fourth-order valence-corrected chi connectivity index (χ4v) is 9.52. The molecule has 7 N–H and O–H groups in total. The number of hydrogen-bond donors (Lipinski definition) is 7. The second-order valence-corrected chi connectivity index (χ2v) is 23.4. The van der Waals surface area contributed by atoms with E-state index in [0.29, 0.717) is 38.0 Å². The molecule has 1 heterocycles. The monoisotopic (exact) mass is 1260 g/mol. The lowest BCUT2D eigenvalue weighted by Gasteiger charge is -2.39. The van der Waals surface area contributed by atoms with Gasteiger partial charge in [0.15, 0.2) is 17.3 Å². The zero-order valence-corrected chi connectivity index (χ0v) is 51.4. The van der Waals surface area contributed by atoms with Crippen LogP contribution in [-0.4, -0.2) is 125 Å². The molecule has 0 aliphatic carbocycles. The summed E-state index contributed by atoms with van der Waals surface area (Å²) in [6.45, 7) is 13.5. The summed E-state index contributed by atoms with van der Waals surface area (Å²) in [5.41, 5.74) is -1.02. The fraction of sp³-hybridized carbons (Fsp3) is 0.500. The first-order valence-corrected chi connectivity index (χ1v) is 28.5. The summed E-state index contributed by atoms with van der Waals surface area (Å²) in [4.78, 5) is 109. The van der Waals surface area contributed by atoms with Gasteiger partial charge in [-0.2, -0.15) is 0 Å². The molecule has 1 saturated heterocycles. The summed E-state index contributed by atoms with van der Waals surface area (Å²) < 4.78 is 16.3. The zero-order valence-electron chi connectivity index (χ0n) is 46.8. The first kappa shape index (κ1) is 73.4. The van der Waals surface area contributed by atoms with Crippen molar-refractivity contribution >= 4 is 144 Å². The number of amides is 3. The number of carboxylic acid groups (broad SMARTS) is 2. The Kier molecular flexibility index (Phi) is 32.4. The molecule has 0 unspecified atom stereocenters. The fourth-order valence-electron chi connectivity index (χ4n) is 8.34. The molecule has 3 atom stereocenters. The largest absolute Gasteiger partial charge is 0.551 e. The Labute approximate surface area is 509 Å². The van der Waals surface area contributed by atoms with Gasteiger partial charge in [0.05, 0.1) is 51.8 Å². The highest BCUT2D eigenvalue weighted by molar-refractivity contribution is 6.52. The van der Waals surface area contributed by atoms with Crippen molar-refractivity contribution in [3.05, 3.63) is 101 Å². The Balaban J connectivity index is 0.000000434. The molecule has 0 saturated carbocycles. The molecule has 4 rings (SSSR count). The van der Waals surface area contributed by atoms with Gasteiger partial charge in [0.25, 0.3) is 5.97 Å². The van der Waals surface area contributed by atoms with Gasteiger partial charge in [-0.25, -0.2) is 0 Å². The Bertz CT molecular complexity index is 2680. The number of carboxylic acids is 2. The predicted molar refractivity (Wildman–Crippen MR) is 318 cm³/mol. The first-order chi connectivity index (χ1) is 38.2. The summed E-state index contributed by atoms with van der Waals surface area (Å²) in [5, 5.41) is 47.2. The van der Waals surface area contributed by atoms with E-state index < -0.39 is 86.5 Å². The highest BCUT2D eigenvalue weighted by Gasteiger charge is 2.51. The molecule has 3 aromatic carbocycles. The molecule has 1 fully saturated rings. The average Bonchev–Trinajstić information content (AvgIpc) is 3.40. The minimum Gasteiger partial charge on any atom is -0.508 e. The lowest BCUT2D eigenvalue weighted by Crippen LogP contribution is -2.59. The molecule has 0 spiro atoms. The Morgan fingerprint density at radius 2 is 0.939 bits per heavy atom. The van der Waals surface area contributed by atoms with Crippen LogP contribution >= 0.6 is 69.6 Å². The topological polar surface area (TPSA) is 298 Å². The van der Waals surface area contributed by atoms with Gasteiger partial charge >= 0.3 is 33.1 Å². The standard InChI is InChI=1S/C22H26BCl2NO9.C17H24BCl2NO3.C15H20BCl2NO4/c1-12(2)7-17(23-34-21(33)11-22(35-23,9-19(29)30)10-20(31)32)26-18(28)6-5-16(27)14-8-13(24)3-4-15(14)25;1-11(2)9-16(18(3)24-4)21-17(23)8-7-15(22)13-10-12(19)5-6-14(13)20;1-9(2)7-14(16(22)23)19-15(21)6-5-13(20)11-8-10(17)3-4-12(11)18/h3-4,8,12,17H,5-7,9-11H2,1-2H3,(H,26,28)(H,29,30)(H,31,32);5-6,10-11,16H,7-9H2,1-4H3,(H,21,23);3-4,8-9,14,22-23H,5-7H2,1-2H3,(H,19,21)/t17-;16-;14-/m000/s1. The molecule has 3 aromatic rings. The Morgan fingerprint density at radius 3 is 1.28 bits per heavy atom. The van der Waals surface area contributed by atoms with E-state index in [1.165, 1.54) is 36.4 Å². The van der Waals surface area contributed by atoms with Crippen molar-refractivity contribution in [3.8, 4) is 0 Å². The third-order valence-corrected chi connectivity index (χ3v) is 14.0. The van der Waals surface area contributed by atoms with Crippen molar-refractivity contribution in [2.45, 2.75) is 149 Å². The van der Waals surface area contributed by atoms with Crippen LogP contribution in [0.3, 0.4) is 0 Å². The van der Waals surface area contributed by atoms with Gasteiger partial charge in [-0.3, -0.25) is 43.2 Å². The summed E-state index contributed by atoms with van der Waals surface area (Å²) in [7, 11) is -1.42. The smallest absolute Gasteiger partial charge is 0.508 e. The molecule has 28 heteroatoms. The van der Waals surface area contributed by atoms with Crippen molar-refractivity contribution < 1.29 is 77.4 Å². The molecule has 448 valence electrons. The second-order valence-electron chi connectivity index (χ2n) is 20.9. The van der Waals surface area contributed by atoms with Gasteiger partial charge in [0, 0.05) is 83.3 Å². The molecule has 0 radical (unpaired) electrons. The molecular formula is C54H70B3Cl6N3O16. The van der Waals surface area contributed by atoms with E-state index in [-0.39, 0.29) is 108 Å². The van der Waals surface area contributed by atoms with Crippen LogP contribution in [0.4, 0.5) is 0 Å². The maximum Gasteiger partial charge on any atom is 0.551 e.